The predicted octanol–water partition coefficient (Wildman–Crippen LogP) is 1.28. The molecule has 1 saturated heterocycles. The Morgan fingerprint density at radius 3 is 3.00 bits per heavy atom. The molecule has 2 rings (SSSR count). The van der Waals surface area contributed by atoms with Crippen LogP contribution in [0.1, 0.15) is 11.3 Å². The first-order valence-electron chi connectivity index (χ1n) is 5.57. The first-order chi connectivity index (χ1) is 8.57. The second kappa shape index (κ2) is 5.36. The highest BCUT2D eigenvalue weighted by Gasteiger charge is 2.33. The molecule has 2 heterocycles. The van der Waals surface area contributed by atoms with Crippen LogP contribution in [0.25, 0.3) is 0 Å². The van der Waals surface area contributed by atoms with Crippen LogP contribution in [0, 0.1) is 17.2 Å². The third-order valence-electron chi connectivity index (χ3n) is 2.94. The zero-order valence-electron chi connectivity index (χ0n) is 10.00. The molecule has 0 spiro atoms. The first-order valence-corrected chi connectivity index (χ1v) is 7.82. The molecule has 1 aromatic rings. The Balaban J connectivity index is 2.15. The SMILES string of the molecule is COCC1CCN(S(=O)(=O)c2ccc(C#N)s2)C1. The maximum absolute atomic E-state index is 12.3. The van der Waals surface area contributed by atoms with Gasteiger partial charge < -0.3 is 4.74 Å². The number of methoxy groups -OCH3 is 1. The van der Waals surface area contributed by atoms with Crippen molar-refractivity contribution in [2.75, 3.05) is 26.8 Å². The lowest BCUT2D eigenvalue weighted by Gasteiger charge is -2.14. The van der Waals surface area contributed by atoms with Gasteiger partial charge in [0.1, 0.15) is 15.2 Å². The van der Waals surface area contributed by atoms with Crippen molar-refractivity contribution < 1.29 is 13.2 Å². The fourth-order valence-electron chi connectivity index (χ4n) is 2.03. The molecule has 0 amide bonds. The van der Waals surface area contributed by atoms with Gasteiger partial charge in [0, 0.05) is 20.2 Å². The predicted molar refractivity (Wildman–Crippen MR) is 67.8 cm³/mol. The van der Waals surface area contributed by atoms with E-state index in [0.29, 0.717) is 24.6 Å². The van der Waals surface area contributed by atoms with Crippen molar-refractivity contribution in [3.8, 4) is 6.07 Å². The quantitative estimate of drug-likeness (QED) is 0.836. The highest BCUT2D eigenvalue weighted by atomic mass is 32.2. The number of hydrogen-bond donors (Lipinski definition) is 0. The van der Waals surface area contributed by atoms with Crippen LogP contribution >= 0.6 is 11.3 Å². The van der Waals surface area contributed by atoms with E-state index in [2.05, 4.69) is 0 Å². The van der Waals surface area contributed by atoms with Crippen LogP contribution in [0.5, 0.6) is 0 Å². The molecule has 0 bridgehead atoms. The van der Waals surface area contributed by atoms with Crippen LogP contribution in [0.4, 0.5) is 0 Å². The highest BCUT2D eigenvalue weighted by molar-refractivity contribution is 7.91. The van der Waals surface area contributed by atoms with Crippen molar-refractivity contribution in [2.45, 2.75) is 10.6 Å². The normalized spacial score (nSPS) is 21.0. The monoisotopic (exact) mass is 286 g/mol. The van der Waals surface area contributed by atoms with E-state index in [1.54, 1.807) is 13.2 Å². The first kappa shape index (κ1) is 13.5. The van der Waals surface area contributed by atoms with Gasteiger partial charge in [-0.05, 0) is 24.5 Å². The van der Waals surface area contributed by atoms with E-state index in [4.69, 9.17) is 10.00 Å². The molecular weight excluding hydrogens is 272 g/mol. The molecule has 1 unspecified atom stereocenters. The summed E-state index contributed by atoms with van der Waals surface area (Å²) in [6.45, 7) is 1.60. The Hall–Kier alpha value is -0.940. The molecule has 0 aliphatic carbocycles. The number of ether oxygens (including phenoxy) is 1. The van der Waals surface area contributed by atoms with Crippen LogP contribution in [-0.4, -0.2) is 39.5 Å². The number of nitrogens with zero attached hydrogens (tertiary/aromatic N) is 2. The molecule has 1 fully saturated rings. The van der Waals surface area contributed by atoms with E-state index >= 15 is 0 Å². The van der Waals surface area contributed by atoms with Crippen LogP contribution in [0.3, 0.4) is 0 Å². The summed E-state index contributed by atoms with van der Waals surface area (Å²) >= 11 is 1.02. The van der Waals surface area contributed by atoms with Crippen molar-refractivity contribution >= 4 is 21.4 Å². The van der Waals surface area contributed by atoms with E-state index in [-0.39, 0.29) is 10.1 Å². The minimum absolute atomic E-state index is 0.247. The summed E-state index contributed by atoms with van der Waals surface area (Å²) in [6, 6.07) is 5.00. The maximum Gasteiger partial charge on any atom is 0.252 e. The Labute approximate surface area is 111 Å². The van der Waals surface area contributed by atoms with Gasteiger partial charge in [0.2, 0.25) is 0 Å². The fourth-order valence-corrected chi connectivity index (χ4v) is 4.82. The van der Waals surface area contributed by atoms with Crippen molar-refractivity contribution in [3.05, 3.63) is 17.0 Å². The topological polar surface area (TPSA) is 70.4 Å². The Bertz CT molecular complexity index is 559. The largest absolute Gasteiger partial charge is 0.384 e. The minimum Gasteiger partial charge on any atom is -0.384 e. The summed E-state index contributed by atoms with van der Waals surface area (Å²) in [7, 11) is -1.81. The number of nitriles is 1. The van der Waals surface area contributed by atoms with Gasteiger partial charge in [0.05, 0.1) is 6.61 Å². The lowest BCUT2D eigenvalue weighted by atomic mass is 10.1. The Morgan fingerprint density at radius 2 is 2.39 bits per heavy atom. The lowest BCUT2D eigenvalue weighted by Crippen LogP contribution is -2.28. The minimum atomic E-state index is -3.43. The number of hydrogen-bond acceptors (Lipinski definition) is 5. The summed E-state index contributed by atoms with van der Waals surface area (Å²) in [5.74, 6) is 0.264. The number of sulfonamides is 1. The highest BCUT2D eigenvalue weighted by Crippen LogP contribution is 2.28. The third-order valence-corrected chi connectivity index (χ3v) is 6.26. The van der Waals surface area contributed by atoms with Crippen LogP contribution in [0.2, 0.25) is 0 Å². The van der Waals surface area contributed by atoms with Crippen molar-refractivity contribution in [1.82, 2.24) is 4.31 Å². The smallest absolute Gasteiger partial charge is 0.252 e. The summed E-state index contributed by atoms with van der Waals surface area (Å²) < 4.78 is 31.4. The zero-order chi connectivity index (χ0) is 13.2. The number of thiophene rings is 1. The van der Waals surface area contributed by atoms with Crippen LogP contribution in [0.15, 0.2) is 16.3 Å². The summed E-state index contributed by atoms with van der Waals surface area (Å²) in [6.07, 6.45) is 0.823. The molecule has 0 N–H and O–H groups in total. The summed E-state index contributed by atoms with van der Waals surface area (Å²) in [5.41, 5.74) is 0. The second-order valence-corrected chi connectivity index (χ2v) is 7.45. The average molecular weight is 286 g/mol. The van der Waals surface area contributed by atoms with Gasteiger partial charge in [-0.15, -0.1) is 11.3 Å². The van der Waals surface area contributed by atoms with Gasteiger partial charge in [0.25, 0.3) is 10.0 Å². The maximum atomic E-state index is 12.3. The average Bonchev–Trinajstić information content (AvgIpc) is 2.98. The standard InChI is InChI=1S/C11H14N2O3S2/c1-16-8-9-4-5-13(7-9)18(14,15)11-3-2-10(6-12)17-11/h2-3,9H,4-5,7-8H2,1H3. The number of rotatable bonds is 4. The van der Waals surface area contributed by atoms with E-state index < -0.39 is 10.0 Å². The second-order valence-electron chi connectivity index (χ2n) is 4.20. The van der Waals surface area contributed by atoms with E-state index in [9.17, 15) is 8.42 Å². The van der Waals surface area contributed by atoms with E-state index in [1.165, 1.54) is 10.4 Å². The zero-order valence-corrected chi connectivity index (χ0v) is 11.6. The van der Waals surface area contributed by atoms with Crippen molar-refractivity contribution in [2.24, 2.45) is 5.92 Å². The van der Waals surface area contributed by atoms with Crippen molar-refractivity contribution in [3.63, 3.8) is 0 Å². The van der Waals surface area contributed by atoms with E-state index in [1.807, 2.05) is 6.07 Å². The summed E-state index contributed by atoms with van der Waals surface area (Å²) in [5, 5.41) is 8.73. The molecule has 0 saturated carbocycles. The molecule has 0 aromatic carbocycles. The molecule has 0 radical (unpaired) electrons. The van der Waals surface area contributed by atoms with E-state index in [0.717, 1.165) is 17.8 Å². The fraction of sp³-hybridized carbons (Fsp3) is 0.545. The van der Waals surface area contributed by atoms with Crippen LogP contribution < -0.4 is 0 Å². The van der Waals surface area contributed by atoms with Gasteiger partial charge >= 0.3 is 0 Å². The Kier molecular flexibility index (Phi) is 4.02. The molecule has 1 aromatic heterocycles. The molecule has 1 aliphatic rings. The summed E-state index contributed by atoms with van der Waals surface area (Å²) in [4.78, 5) is 0.418. The molecule has 1 atom stereocenters. The molecule has 5 nitrogen and oxygen atoms in total. The molecule has 1 aliphatic heterocycles. The lowest BCUT2D eigenvalue weighted by molar-refractivity contribution is 0.157. The van der Waals surface area contributed by atoms with Crippen molar-refractivity contribution in [1.29, 1.82) is 5.26 Å². The molecule has 18 heavy (non-hydrogen) atoms. The van der Waals surface area contributed by atoms with Gasteiger partial charge in [-0.1, -0.05) is 0 Å². The van der Waals surface area contributed by atoms with Gasteiger partial charge in [-0.2, -0.15) is 9.57 Å². The molecule has 98 valence electrons. The Morgan fingerprint density at radius 1 is 1.61 bits per heavy atom. The van der Waals surface area contributed by atoms with Gasteiger partial charge in [-0.25, -0.2) is 8.42 Å². The van der Waals surface area contributed by atoms with Crippen LogP contribution in [-0.2, 0) is 14.8 Å². The molecule has 7 heteroatoms. The third kappa shape index (κ3) is 2.57. The van der Waals surface area contributed by atoms with Gasteiger partial charge in [0.15, 0.2) is 0 Å². The van der Waals surface area contributed by atoms with Gasteiger partial charge in [-0.3, -0.25) is 0 Å². The molecular formula is C11H14N2O3S2.